The Labute approximate surface area is 106 Å². The minimum atomic E-state index is 0.234. The predicted octanol–water partition coefficient (Wildman–Crippen LogP) is 1.83. The van der Waals surface area contributed by atoms with Gasteiger partial charge in [-0.3, -0.25) is 0 Å². The van der Waals surface area contributed by atoms with Gasteiger partial charge in [-0.2, -0.15) is 0 Å². The largest absolute Gasteiger partial charge is 0.382 e. The number of hydrogen-bond acceptors (Lipinski definition) is 4. The molecule has 0 aromatic carbocycles. The smallest absolute Gasteiger partial charge is 0.0704 e. The van der Waals surface area contributed by atoms with Crippen molar-refractivity contribution in [2.75, 3.05) is 39.5 Å². The van der Waals surface area contributed by atoms with Crippen molar-refractivity contribution in [1.29, 1.82) is 0 Å². The highest BCUT2D eigenvalue weighted by Crippen LogP contribution is 1.92. The van der Waals surface area contributed by atoms with Crippen molar-refractivity contribution in [1.82, 2.24) is 5.32 Å². The third-order valence-electron chi connectivity index (χ3n) is 2.22. The molecular weight excluding hydrogens is 218 g/mol. The molecule has 17 heavy (non-hydrogen) atoms. The molecule has 0 amide bonds. The molecule has 1 unspecified atom stereocenters. The maximum absolute atomic E-state index is 5.60. The van der Waals surface area contributed by atoms with Crippen molar-refractivity contribution in [3.05, 3.63) is 0 Å². The van der Waals surface area contributed by atoms with E-state index < -0.39 is 0 Å². The monoisotopic (exact) mass is 247 g/mol. The van der Waals surface area contributed by atoms with Crippen LogP contribution in [-0.4, -0.2) is 51.7 Å². The van der Waals surface area contributed by atoms with E-state index in [-0.39, 0.29) is 12.2 Å². The maximum atomic E-state index is 5.60. The molecule has 1 atom stereocenters. The van der Waals surface area contributed by atoms with Crippen molar-refractivity contribution in [3.63, 3.8) is 0 Å². The van der Waals surface area contributed by atoms with Gasteiger partial charge in [-0.1, -0.05) is 0 Å². The lowest BCUT2D eigenvalue weighted by Crippen LogP contribution is -2.29. The standard InChI is InChI=1S/C13H29NO3/c1-5-15-8-6-7-14-11-13(4)17-10-9-16-12(2)3/h12-14H,5-11H2,1-4H3. The first-order valence-corrected chi connectivity index (χ1v) is 6.68. The van der Waals surface area contributed by atoms with Crippen molar-refractivity contribution >= 4 is 0 Å². The minimum absolute atomic E-state index is 0.234. The molecule has 4 nitrogen and oxygen atoms in total. The molecule has 0 aliphatic rings. The molecule has 0 aliphatic carbocycles. The summed E-state index contributed by atoms with van der Waals surface area (Å²) in [5.41, 5.74) is 0. The Kier molecular flexibility index (Phi) is 12.2. The van der Waals surface area contributed by atoms with E-state index in [2.05, 4.69) is 12.2 Å². The van der Waals surface area contributed by atoms with Crippen LogP contribution >= 0.6 is 0 Å². The van der Waals surface area contributed by atoms with Crippen molar-refractivity contribution in [2.45, 2.75) is 46.3 Å². The Bertz CT molecular complexity index is 154. The van der Waals surface area contributed by atoms with Crippen LogP contribution in [0.5, 0.6) is 0 Å². The van der Waals surface area contributed by atoms with Gasteiger partial charge in [0.25, 0.3) is 0 Å². The molecule has 0 radical (unpaired) electrons. The molecule has 0 heterocycles. The first-order chi connectivity index (χ1) is 8.16. The average Bonchev–Trinajstić information content (AvgIpc) is 2.29. The van der Waals surface area contributed by atoms with Crippen LogP contribution in [0.1, 0.15) is 34.1 Å². The molecule has 0 bridgehead atoms. The second-order valence-corrected chi connectivity index (χ2v) is 4.36. The molecule has 4 heteroatoms. The Morgan fingerprint density at radius 1 is 1.00 bits per heavy atom. The Balaban J connectivity index is 3.14. The number of nitrogens with one attached hydrogen (secondary N) is 1. The summed E-state index contributed by atoms with van der Waals surface area (Å²) in [4.78, 5) is 0. The van der Waals surface area contributed by atoms with Crippen LogP contribution in [0, 0.1) is 0 Å². The molecule has 0 aromatic heterocycles. The molecule has 0 fully saturated rings. The fourth-order valence-corrected chi connectivity index (χ4v) is 1.34. The zero-order valence-electron chi connectivity index (χ0n) is 11.8. The summed E-state index contributed by atoms with van der Waals surface area (Å²) in [5.74, 6) is 0. The third kappa shape index (κ3) is 13.8. The van der Waals surface area contributed by atoms with Crippen LogP contribution in [0.25, 0.3) is 0 Å². The van der Waals surface area contributed by atoms with E-state index in [1.54, 1.807) is 0 Å². The van der Waals surface area contributed by atoms with E-state index in [0.717, 1.165) is 32.7 Å². The zero-order chi connectivity index (χ0) is 12.9. The summed E-state index contributed by atoms with van der Waals surface area (Å²) in [6.45, 7) is 13.0. The molecule has 0 aromatic rings. The molecule has 0 spiro atoms. The summed E-state index contributed by atoms with van der Waals surface area (Å²) in [6, 6.07) is 0. The van der Waals surface area contributed by atoms with Gasteiger partial charge in [0.2, 0.25) is 0 Å². The number of ether oxygens (including phenoxy) is 3. The van der Waals surface area contributed by atoms with Gasteiger partial charge in [0.1, 0.15) is 0 Å². The second kappa shape index (κ2) is 12.3. The highest BCUT2D eigenvalue weighted by molar-refractivity contribution is 4.55. The Morgan fingerprint density at radius 2 is 1.71 bits per heavy atom. The lowest BCUT2D eigenvalue weighted by Gasteiger charge is -2.15. The summed E-state index contributed by atoms with van der Waals surface area (Å²) in [7, 11) is 0. The van der Waals surface area contributed by atoms with E-state index in [0.29, 0.717) is 13.2 Å². The second-order valence-electron chi connectivity index (χ2n) is 4.36. The van der Waals surface area contributed by atoms with Gasteiger partial charge in [0.05, 0.1) is 25.4 Å². The summed E-state index contributed by atoms with van der Waals surface area (Å²) < 4.78 is 16.3. The molecule has 0 rings (SSSR count). The lowest BCUT2D eigenvalue weighted by molar-refractivity contribution is -0.00615. The van der Waals surface area contributed by atoms with Crippen LogP contribution in [0.15, 0.2) is 0 Å². The van der Waals surface area contributed by atoms with E-state index >= 15 is 0 Å². The van der Waals surface area contributed by atoms with E-state index in [4.69, 9.17) is 14.2 Å². The predicted molar refractivity (Wildman–Crippen MR) is 70.5 cm³/mol. The van der Waals surface area contributed by atoms with E-state index in [1.807, 2.05) is 20.8 Å². The molecule has 0 aliphatic heterocycles. The molecular formula is C13H29NO3. The third-order valence-corrected chi connectivity index (χ3v) is 2.22. The first-order valence-electron chi connectivity index (χ1n) is 6.68. The van der Waals surface area contributed by atoms with Crippen LogP contribution < -0.4 is 5.32 Å². The normalized spacial score (nSPS) is 13.2. The van der Waals surface area contributed by atoms with Gasteiger partial charge >= 0.3 is 0 Å². The van der Waals surface area contributed by atoms with Crippen LogP contribution in [0.4, 0.5) is 0 Å². The SMILES string of the molecule is CCOCCCNCC(C)OCCOC(C)C. The van der Waals surface area contributed by atoms with Crippen molar-refractivity contribution < 1.29 is 14.2 Å². The van der Waals surface area contributed by atoms with Gasteiger partial charge in [0, 0.05) is 19.8 Å². The average molecular weight is 247 g/mol. The molecule has 1 N–H and O–H groups in total. The maximum Gasteiger partial charge on any atom is 0.0704 e. The number of rotatable bonds is 12. The Morgan fingerprint density at radius 3 is 2.35 bits per heavy atom. The molecule has 0 saturated heterocycles. The topological polar surface area (TPSA) is 39.7 Å². The zero-order valence-corrected chi connectivity index (χ0v) is 11.8. The van der Waals surface area contributed by atoms with Crippen molar-refractivity contribution in [2.24, 2.45) is 0 Å². The highest BCUT2D eigenvalue weighted by Gasteiger charge is 2.01. The van der Waals surface area contributed by atoms with Gasteiger partial charge in [0.15, 0.2) is 0 Å². The van der Waals surface area contributed by atoms with Crippen molar-refractivity contribution in [3.8, 4) is 0 Å². The van der Waals surface area contributed by atoms with Gasteiger partial charge in [-0.15, -0.1) is 0 Å². The fourth-order valence-electron chi connectivity index (χ4n) is 1.34. The first kappa shape index (κ1) is 16.8. The van der Waals surface area contributed by atoms with E-state index in [1.165, 1.54) is 0 Å². The molecule has 0 saturated carbocycles. The van der Waals surface area contributed by atoms with Crippen LogP contribution in [0.2, 0.25) is 0 Å². The summed E-state index contributed by atoms with van der Waals surface area (Å²) in [5, 5.41) is 3.35. The van der Waals surface area contributed by atoms with Gasteiger partial charge in [-0.05, 0) is 40.7 Å². The van der Waals surface area contributed by atoms with E-state index in [9.17, 15) is 0 Å². The summed E-state index contributed by atoms with van der Waals surface area (Å²) >= 11 is 0. The summed E-state index contributed by atoms with van der Waals surface area (Å²) in [6.07, 6.45) is 1.57. The minimum Gasteiger partial charge on any atom is -0.382 e. The Hall–Kier alpha value is -0.160. The van der Waals surface area contributed by atoms with Crippen LogP contribution in [-0.2, 0) is 14.2 Å². The fraction of sp³-hybridized carbons (Fsp3) is 1.00. The molecule has 104 valence electrons. The highest BCUT2D eigenvalue weighted by atomic mass is 16.5. The number of hydrogen-bond donors (Lipinski definition) is 1. The van der Waals surface area contributed by atoms with Crippen LogP contribution in [0.3, 0.4) is 0 Å². The van der Waals surface area contributed by atoms with Gasteiger partial charge < -0.3 is 19.5 Å². The quantitative estimate of drug-likeness (QED) is 0.534. The lowest BCUT2D eigenvalue weighted by atomic mass is 10.3. The van der Waals surface area contributed by atoms with Gasteiger partial charge in [-0.25, -0.2) is 0 Å².